The van der Waals surface area contributed by atoms with Gasteiger partial charge in [-0.2, -0.15) is 0 Å². The fraction of sp³-hybridized carbons (Fsp3) is 0.500. The standard InChI is InChI=1S/C26H35N3O3/c1-20(31-2)32-25-13-7-6-12-23(25)24-18-27-14-17-29(24)19-21-10-4-5-11-22(21)26(30)28-15-8-3-9-16-28/h4-7,10-13,20,24,27H,3,8-9,14-19H2,1-2H3. The molecule has 0 saturated carbocycles. The van der Waals surface area contributed by atoms with Crippen molar-refractivity contribution in [2.75, 3.05) is 39.8 Å². The fourth-order valence-electron chi connectivity index (χ4n) is 4.69. The summed E-state index contributed by atoms with van der Waals surface area (Å²) in [4.78, 5) is 17.8. The van der Waals surface area contributed by atoms with E-state index in [0.717, 1.165) is 74.6 Å². The monoisotopic (exact) mass is 437 g/mol. The number of hydrogen-bond donors (Lipinski definition) is 1. The molecular weight excluding hydrogens is 402 g/mol. The second-order valence-corrected chi connectivity index (χ2v) is 8.66. The minimum Gasteiger partial charge on any atom is -0.465 e. The van der Waals surface area contributed by atoms with Gasteiger partial charge >= 0.3 is 0 Å². The zero-order chi connectivity index (χ0) is 22.3. The first-order chi connectivity index (χ1) is 15.7. The zero-order valence-corrected chi connectivity index (χ0v) is 19.3. The predicted molar refractivity (Wildman–Crippen MR) is 126 cm³/mol. The highest BCUT2D eigenvalue weighted by Gasteiger charge is 2.28. The van der Waals surface area contributed by atoms with E-state index >= 15 is 0 Å². The summed E-state index contributed by atoms with van der Waals surface area (Å²) in [6.45, 7) is 7.04. The molecule has 2 fully saturated rings. The second kappa shape index (κ2) is 10.9. The first-order valence-electron chi connectivity index (χ1n) is 11.8. The third kappa shape index (κ3) is 5.31. The van der Waals surface area contributed by atoms with Gasteiger partial charge in [0, 0.05) is 57.5 Å². The topological polar surface area (TPSA) is 54.0 Å². The van der Waals surface area contributed by atoms with Crippen LogP contribution in [0.25, 0.3) is 0 Å². The average Bonchev–Trinajstić information content (AvgIpc) is 2.85. The van der Waals surface area contributed by atoms with Gasteiger partial charge in [-0.15, -0.1) is 0 Å². The lowest BCUT2D eigenvalue weighted by atomic mass is 9.99. The van der Waals surface area contributed by atoms with Crippen LogP contribution in [0.5, 0.6) is 5.75 Å². The largest absolute Gasteiger partial charge is 0.465 e. The molecule has 0 radical (unpaired) electrons. The normalized spacial score (nSPS) is 20.7. The molecule has 2 saturated heterocycles. The van der Waals surface area contributed by atoms with Crippen molar-refractivity contribution in [2.45, 2.75) is 45.1 Å². The van der Waals surface area contributed by atoms with Gasteiger partial charge in [0.25, 0.3) is 5.91 Å². The lowest BCUT2D eigenvalue weighted by Gasteiger charge is -2.38. The molecule has 0 spiro atoms. The van der Waals surface area contributed by atoms with Crippen LogP contribution in [0.3, 0.4) is 0 Å². The zero-order valence-electron chi connectivity index (χ0n) is 19.3. The van der Waals surface area contributed by atoms with Crippen LogP contribution in [0.15, 0.2) is 48.5 Å². The maximum Gasteiger partial charge on any atom is 0.254 e. The van der Waals surface area contributed by atoms with Crippen molar-refractivity contribution in [1.29, 1.82) is 0 Å². The molecule has 0 bridgehead atoms. The van der Waals surface area contributed by atoms with Crippen LogP contribution in [0.1, 0.15) is 53.7 Å². The van der Waals surface area contributed by atoms with Gasteiger partial charge in [-0.05, 0) is 43.9 Å². The number of amides is 1. The van der Waals surface area contributed by atoms with E-state index in [1.165, 1.54) is 6.42 Å². The molecule has 2 aliphatic heterocycles. The SMILES string of the molecule is COC(C)Oc1ccccc1C1CNCCN1Cc1ccccc1C(=O)N1CCCCC1. The number of piperazine rings is 1. The summed E-state index contributed by atoms with van der Waals surface area (Å²) in [5.74, 6) is 1.02. The highest BCUT2D eigenvalue weighted by atomic mass is 16.7. The molecular formula is C26H35N3O3. The predicted octanol–water partition coefficient (Wildman–Crippen LogP) is 3.83. The Balaban J connectivity index is 1.57. The van der Waals surface area contributed by atoms with Crippen molar-refractivity contribution in [1.82, 2.24) is 15.1 Å². The number of piperidine rings is 1. The Labute approximate surface area is 191 Å². The van der Waals surface area contributed by atoms with Crippen molar-refractivity contribution >= 4 is 5.91 Å². The van der Waals surface area contributed by atoms with Crippen molar-refractivity contribution in [2.24, 2.45) is 0 Å². The van der Waals surface area contributed by atoms with Crippen molar-refractivity contribution in [3.63, 3.8) is 0 Å². The number of nitrogens with one attached hydrogen (secondary N) is 1. The molecule has 2 aromatic carbocycles. The van der Waals surface area contributed by atoms with Gasteiger partial charge in [0.2, 0.25) is 0 Å². The van der Waals surface area contributed by atoms with Gasteiger partial charge in [-0.25, -0.2) is 0 Å². The average molecular weight is 438 g/mol. The van der Waals surface area contributed by atoms with Crippen LogP contribution in [0.4, 0.5) is 0 Å². The van der Waals surface area contributed by atoms with Crippen LogP contribution >= 0.6 is 0 Å². The van der Waals surface area contributed by atoms with E-state index in [2.05, 4.69) is 28.4 Å². The summed E-state index contributed by atoms with van der Waals surface area (Å²) < 4.78 is 11.4. The van der Waals surface area contributed by atoms with Gasteiger partial charge in [0.1, 0.15) is 5.75 Å². The molecule has 1 amide bonds. The van der Waals surface area contributed by atoms with Gasteiger partial charge in [-0.1, -0.05) is 36.4 Å². The highest BCUT2D eigenvalue weighted by molar-refractivity contribution is 5.95. The molecule has 172 valence electrons. The Morgan fingerprint density at radius 2 is 1.81 bits per heavy atom. The van der Waals surface area contributed by atoms with Crippen LogP contribution < -0.4 is 10.1 Å². The number of ether oxygens (including phenoxy) is 2. The summed E-state index contributed by atoms with van der Waals surface area (Å²) in [5.41, 5.74) is 3.08. The molecule has 0 aromatic heterocycles. The molecule has 1 N–H and O–H groups in total. The lowest BCUT2D eigenvalue weighted by molar-refractivity contribution is -0.0397. The Morgan fingerprint density at radius 3 is 2.62 bits per heavy atom. The van der Waals surface area contributed by atoms with Crippen molar-refractivity contribution in [3.8, 4) is 5.75 Å². The number of nitrogens with zero attached hydrogens (tertiary/aromatic N) is 2. The van der Waals surface area contributed by atoms with Crippen LogP contribution in [-0.4, -0.2) is 61.8 Å². The number of likely N-dealkylation sites (tertiary alicyclic amines) is 1. The third-order valence-corrected chi connectivity index (χ3v) is 6.52. The minimum absolute atomic E-state index is 0.155. The maximum absolute atomic E-state index is 13.3. The van der Waals surface area contributed by atoms with Crippen molar-refractivity contribution in [3.05, 3.63) is 65.2 Å². The molecule has 2 heterocycles. The number of rotatable bonds is 7. The number of carbonyl (C=O) groups is 1. The summed E-state index contributed by atoms with van der Waals surface area (Å²) >= 11 is 0. The molecule has 32 heavy (non-hydrogen) atoms. The smallest absolute Gasteiger partial charge is 0.254 e. The number of para-hydroxylation sites is 1. The second-order valence-electron chi connectivity index (χ2n) is 8.66. The van der Waals surface area contributed by atoms with Crippen LogP contribution in [0.2, 0.25) is 0 Å². The van der Waals surface area contributed by atoms with E-state index < -0.39 is 0 Å². The molecule has 2 aliphatic rings. The van der Waals surface area contributed by atoms with Gasteiger partial charge in [-0.3, -0.25) is 9.69 Å². The summed E-state index contributed by atoms with van der Waals surface area (Å²) in [5, 5.41) is 3.53. The van der Waals surface area contributed by atoms with Gasteiger partial charge in [0.05, 0.1) is 6.04 Å². The minimum atomic E-state index is -0.316. The van der Waals surface area contributed by atoms with E-state index in [1.807, 2.05) is 42.2 Å². The quantitative estimate of drug-likeness (QED) is 0.667. The van der Waals surface area contributed by atoms with Gasteiger partial charge < -0.3 is 19.7 Å². The molecule has 6 nitrogen and oxygen atoms in total. The molecule has 2 atom stereocenters. The molecule has 4 rings (SSSR count). The lowest BCUT2D eigenvalue weighted by Crippen LogP contribution is -2.46. The van der Waals surface area contributed by atoms with E-state index in [4.69, 9.17) is 9.47 Å². The molecule has 2 aromatic rings. The Bertz CT molecular complexity index is 897. The third-order valence-electron chi connectivity index (χ3n) is 6.52. The van der Waals surface area contributed by atoms with Gasteiger partial charge in [0.15, 0.2) is 6.29 Å². The Kier molecular flexibility index (Phi) is 7.79. The molecule has 2 unspecified atom stereocenters. The number of methoxy groups -OCH3 is 1. The van der Waals surface area contributed by atoms with E-state index in [-0.39, 0.29) is 18.2 Å². The highest BCUT2D eigenvalue weighted by Crippen LogP contribution is 2.32. The fourth-order valence-corrected chi connectivity index (χ4v) is 4.69. The first kappa shape index (κ1) is 22.8. The summed E-state index contributed by atoms with van der Waals surface area (Å²) in [7, 11) is 1.65. The Morgan fingerprint density at radius 1 is 1.06 bits per heavy atom. The number of carbonyl (C=O) groups excluding carboxylic acids is 1. The summed E-state index contributed by atoms with van der Waals surface area (Å²) in [6.07, 6.45) is 3.11. The number of benzene rings is 2. The van der Waals surface area contributed by atoms with Crippen LogP contribution in [-0.2, 0) is 11.3 Å². The summed E-state index contributed by atoms with van der Waals surface area (Å²) in [6, 6.07) is 16.4. The van der Waals surface area contributed by atoms with Crippen molar-refractivity contribution < 1.29 is 14.3 Å². The van der Waals surface area contributed by atoms with Crippen LogP contribution in [0, 0.1) is 0 Å². The number of hydrogen-bond acceptors (Lipinski definition) is 5. The van der Waals surface area contributed by atoms with E-state index in [1.54, 1.807) is 7.11 Å². The van der Waals surface area contributed by atoms with E-state index in [0.29, 0.717) is 0 Å². The van der Waals surface area contributed by atoms with E-state index in [9.17, 15) is 4.79 Å². The maximum atomic E-state index is 13.3. The molecule has 6 heteroatoms. The first-order valence-corrected chi connectivity index (χ1v) is 11.8. The Hall–Kier alpha value is -2.41. The molecule has 0 aliphatic carbocycles.